The molecule has 0 amide bonds. The Morgan fingerprint density at radius 1 is 1.67 bits per heavy atom. The van der Waals surface area contributed by atoms with Crippen molar-refractivity contribution in [3.05, 3.63) is 12.2 Å². The molecule has 1 aliphatic rings. The second-order valence-corrected chi connectivity index (χ2v) is 3.35. The van der Waals surface area contributed by atoms with Gasteiger partial charge in [-0.25, -0.2) is 0 Å². The van der Waals surface area contributed by atoms with Gasteiger partial charge in [0, 0.05) is 13.0 Å². The Morgan fingerprint density at radius 3 is 3.08 bits per heavy atom. The topological polar surface area (TPSA) is 29.5 Å². The Kier molecular flexibility index (Phi) is 3.82. The molecule has 0 aromatic carbocycles. The molecule has 0 saturated heterocycles. The molecule has 12 heavy (non-hydrogen) atoms. The Balaban J connectivity index is 2.47. The summed E-state index contributed by atoms with van der Waals surface area (Å²) in [6.45, 7) is 0.609. The van der Waals surface area contributed by atoms with Crippen LogP contribution in [0.15, 0.2) is 12.2 Å². The summed E-state index contributed by atoms with van der Waals surface area (Å²) in [6, 6.07) is 0. The summed E-state index contributed by atoms with van der Waals surface area (Å²) in [5, 5.41) is 9.65. The van der Waals surface area contributed by atoms with E-state index in [1.165, 1.54) is 0 Å². The second kappa shape index (κ2) is 4.68. The van der Waals surface area contributed by atoms with Crippen LogP contribution in [0.5, 0.6) is 0 Å². The van der Waals surface area contributed by atoms with E-state index in [1.54, 1.807) is 7.11 Å². The van der Waals surface area contributed by atoms with Crippen LogP contribution in [0, 0.1) is 5.92 Å². The number of aliphatic hydroxyl groups excluding tert-OH is 1. The number of rotatable bonds is 2. The van der Waals surface area contributed by atoms with Crippen LogP contribution in [-0.4, -0.2) is 32.8 Å². The number of hydrogen-bond acceptors (Lipinski definition) is 2. The van der Waals surface area contributed by atoms with Gasteiger partial charge in [0.05, 0.1) is 20.6 Å². The molecule has 3 atom stereocenters. The molecule has 1 aliphatic carbocycles. The lowest BCUT2D eigenvalue weighted by Gasteiger charge is -2.20. The number of hydrogen-bond donors (Lipinski definition) is 1. The Bertz CT molecular complexity index is 159. The van der Waals surface area contributed by atoms with Crippen molar-refractivity contribution in [3.8, 4) is 0 Å². The number of aliphatic hydroxyl groups is 1. The lowest BCUT2D eigenvalue weighted by Crippen LogP contribution is -2.24. The summed E-state index contributed by atoms with van der Waals surface area (Å²) < 4.78 is 5.01. The maximum Gasteiger partial charge on any atom is 0.0756 e. The van der Waals surface area contributed by atoms with E-state index in [1.807, 2.05) is 12.2 Å². The molecule has 0 bridgehead atoms. The van der Waals surface area contributed by atoms with Crippen molar-refractivity contribution < 1.29 is 9.84 Å². The fourth-order valence-corrected chi connectivity index (χ4v) is 1.53. The van der Waals surface area contributed by atoms with Crippen LogP contribution in [-0.2, 0) is 4.74 Å². The highest BCUT2D eigenvalue weighted by Crippen LogP contribution is 2.24. The molecule has 0 fully saturated rings. The molecular weight excluding hydrogens is 151 g/mol. The highest BCUT2D eigenvalue weighted by Gasteiger charge is 2.21. The van der Waals surface area contributed by atoms with Gasteiger partial charge in [-0.3, -0.25) is 0 Å². The van der Waals surface area contributed by atoms with E-state index in [9.17, 15) is 5.11 Å². The van der Waals surface area contributed by atoms with E-state index in [0.29, 0.717) is 13.0 Å². The minimum absolute atomic E-state index is 0.00172. The molecule has 1 rings (SSSR count). The van der Waals surface area contributed by atoms with E-state index < -0.39 is 0 Å². The Labute approximate surface area is 75.0 Å². The van der Waals surface area contributed by atoms with Crippen LogP contribution in [0.4, 0.5) is 0 Å². The minimum Gasteiger partial charge on any atom is -0.393 e. The average Bonchev–Trinajstić information content (AvgIpc) is 2.15. The van der Waals surface area contributed by atoms with E-state index in [0.717, 1.165) is 6.42 Å². The Hall–Kier alpha value is -0.275. The van der Waals surface area contributed by atoms with Gasteiger partial charge in [0.2, 0.25) is 0 Å². The highest BCUT2D eigenvalue weighted by atomic mass is 16.5. The van der Waals surface area contributed by atoms with Crippen LogP contribution in [0.1, 0.15) is 12.8 Å². The molecule has 66 valence electrons. The number of methoxy groups -OCH3 is 1. The minimum atomic E-state index is -0.324. The lowest BCUT2D eigenvalue weighted by molar-refractivity contribution is 0.0470. The molecule has 2 nitrogen and oxygen atoms in total. The van der Waals surface area contributed by atoms with Crippen molar-refractivity contribution >= 4 is 7.85 Å². The SMILES string of the molecule is [B]C1C=CCC(COC)C(O)C1. The molecule has 0 aromatic heterocycles. The van der Waals surface area contributed by atoms with E-state index in [4.69, 9.17) is 12.6 Å². The third-order valence-corrected chi connectivity index (χ3v) is 2.26. The van der Waals surface area contributed by atoms with Crippen molar-refractivity contribution in [1.29, 1.82) is 0 Å². The zero-order valence-electron chi connectivity index (χ0n) is 7.44. The number of allylic oxidation sites excluding steroid dienone is 2. The molecule has 0 heterocycles. The molecule has 0 aromatic rings. The summed E-state index contributed by atoms with van der Waals surface area (Å²) in [5.41, 5.74) is 0. The molecule has 0 aliphatic heterocycles. The van der Waals surface area contributed by atoms with Crippen molar-refractivity contribution in [2.75, 3.05) is 13.7 Å². The van der Waals surface area contributed by atoms with Gasteiger partial charge in [0.1, 0.15) is 0 Å². The van der Waals surface area contributed by atoms with E-state index in [-0.39, 0.29) is 17.8 Å². The molecule has 0 spiro atoms. The van der Waals surface area contributed by atoms with E-state index >= 15 is 0 Å². The molecule has 3 heteroatoms. The summed E-state index contributed by atoms with van der Waals surface area (Å²) in [7, 11) is 7.35. The standard InChI is InChI=1S/C9H15BO2/c1-12-6-7-3-2-4-8(10)5-9(7)11/h2,4,7-9,11H,3,5-6H2,1H3. The first-order chi connectivity index (χ1) is 5.74. The second-order valence-electron chi connectivity index (χ2n) is 3.35. The largest absolute Gasteiger partial charge is 0.393 e. The first-order valence-corrected chi connectivity index (χ1v) is 4.33. The predicted octanol–water partition coefficient (Wildman–Crippen LogP) is 0.917. The van der Waals surface area contributed by atoms with Gasteiger partial charge in [-0.05, 0) is 12.8 Å². The van der Waals surface area contributed by atoms with Crippen LogP contribution in [0.3, 0.4) is 0 Å². The lowest BCUT2D eigenvalue weighted by atomic mass is 9.82. The summed E-state index contributed by atoms with van der Waals surface area (Å²) in [5.74, 6) is 0.210. The van der Waals surface area contributed by atoms with Gasteiger partial charge in [-0.1, -0.05) is 18.0 Å². The predicted molar refractivity (Wildman–Crippen MR) is 49.3 cm³/mol. The van der Waals surface area contributed by atoms with Gasteiger partial charge in [0.15, 0.2) is 0 Å². The van der Waals surface area contributed by atoms with E-state index in [2.05, 4.69) is 0 Å². The smallest absolute Gasteiger partial charge is 0.0756 e. The molecular formula is C9H15BO2. The molecule has 2 radical (unpaired) electrons. The monoisotopic (exact) mass is 166 g/mol. The van der Waals surface area contributed by atoms with Gasteiger partial charge in [-0.2, -0.15) is 0 Å². The van der Waals surface area contributed by atoms with Crippen LogP contribution >= 0.6 is 0 Å². The van der Waals surface area contributed by atoms with Crippen molar-refractivity contribution in [2.24, 2.45) is 5.92 Å². The van der Waals surface area contributed by atoms with Crippen LogP contribution < -0.4 is 0 Å². The summed E-state index contributed by atoms with van der Waals surface area (Å²) >= 11 is 0. The van der Waals surface area contributed by atoms with Crippen molar-refractivity contribution in [1.82, 2.24) is 0 Å². The fraction of sp³-hybridized carbons (Fsp3) is 0.778. The Morgan fingerprint density at radius 2 is 2.42 bits per heavy atom. The zero-order valence-corrected chi connectivity index (χ0v) is 7.44. The maximum absolute atomic E-state index is 9.65. The quantitative estimate of drug-likeness (QED) is 0.488. The maximum atomic E-state index is 9.65. The van der Waals surface area contributed by atoms with Crippen LogP contribution in [0.2, 0.25) is 5.82 Å². The van der Waals surface area contributed by atoms with Crippen molar-refractivity contribution in [2.45, 2.75) is 24.8 Å². The van der Waals surface area contributed by atoms with Crippen LogP contribution in [0.25, 0.3) is 0 Å². The zero-order chi connectivity index (χ0) is 8.97. The molecule has 3 unspecified atom stereocenters. The van der Waals surface area contributed by atoms with Crippen molar-refractivity contribution in [3.63, 3.8) is 0 Å². The first kappa shape index (κ1) is 9.81. The van der Waals surface area contributed by atoms with Gasteiger partial charge in [0.25, 0.3) is 0 Å². The molecule has 0 saturated carbocycles. The number of ether oxygens (including phenoxy) is 1. The first-order valence-electron chi connectivity index (χ1n) is 4.33. The third-order valence-electron chi connectivity index (χ3n) is 2.26. The van der Waals surface area contributed by atoms with Gasteiger partial charge in [-0.15, -0.1) is 0 Å². The fourth-order valence-electron chi connectivity index (χ4n) is 1.53. The summed E-state index contributed by atoms with van der Waals surface area (Å²) in [4.78, 5) is 0. The molecule has 1 N–H and O–H groups in total. The average molecular weight is 166 g/mol. The third kappa shape index (κ3) is 2.65. The van der Waals surface area contributed by atoms with Gasteiger partial charge < -0.3 is 9.84 Å². The van der Waals surface area contributed by atoms with Gasteiger partial charge >= 0.3 is 0 Å². The highest BCUT2D eigenvalue weighted by molar-refractivity contribution is 6.12. The normalized spacial score (nSPS) is 36.3. The summed E-state index contributed by atoms with van der Waals surface area (Å²) in [6.07, 6.45) is 5.17.